The van der Waals surface area contributed by atoms with Crippen LogP contribution in [0.1, 0.15) is 45.5 Å². The molecule has 0 bridgehead atoms. The van der Waals surface area contributed by atoms with Crippen molar-refractivity contribution < 1.29 is 34.5 Å². The van der Waals surface area contributed by atoms with Crippen molar-refractivity contribution in [1.82, 2.24) is 4.90 Å². The highest BCUT2D eigenvalue weighted by Gasteiger charge is 2.62. The SMILES string of the molecule is CN(C)CCC(=O)c1ccc(O)c2c1C[C@H]1C[C@H]3CC(O)=C(C(N)=O)C(=O)[C@@]3(N=O)C(O)=C1C2=O. The Morgan fingerprint density at radius 2 is 1.86 bits per heavy atom. The van der Waals surface area contributed by atoms with E-state index in [0.717, 1.165) is 0 Å². The number of phenolic OH excluding ortho intramolecular Hbond substituents is 1. The minimum absolute atomic E-state index is 0.0147. The number of fused-ring (bicyclic) bond motifs is 3. The lowest BCUT2D eigenvalue weighted by Gasteiger charge is -2.44. The molecule has 1 aromatic rings. The monoisotopic (exact) mass is 483 g/mol. The van der Waals surface area contributed by atoms with Gasteiger partial charge in [0.2, 0.25) is 11.3 Å². The van der Waals surface area contributed by atoms with E-state index in [2.05, 4.69) is 5.18 Å². The molecule has 0 fully saturated rings. The van der Waals surface area contributed by atoms with Crippen LogP contribution in [0, 0.1) is 16.7 Å². The Bertz CT molecular complexity index is 1260. The zero-order valence-corrected chi connectivity index (χ0v) is 19.2. The fourth-order valence-electron chi connectivity index (χ4n) is 5.50. The normalized spacial score (nSPS) is 25.8. The molecule has 0 saturated carbocycles. The number of carbonyl (C=O) groups is 4. The van der Waals surface area contributed by atoms with Crippen LogP contribution in [0.5, 0.6) is 5.75 Å². The van der Waals surface area contributed by atoms with Gasteiger partial charge in [0.15, 0.2) is 11.6 Å². The van der Waals surface area contributed by atoms with Gasteiger partial charge in [-0.1, -0.05) is 0 Å². The molecule has 0 saturated heterocycles. The van der Waals surface area contributed by atoms with Gasteiger partial charge in [-0.15, -0.1) is 4.91 Å². The summed E-state index contributed by atoms with van der Waals surface area (Å²) in [6.07, 6.45) is -0.0932. The highest BCUT2D eigenvalue weighted by atomic mass is 16.3. The first-order valence-corrected chi connectivity index (χ1v) is 11.1. The number of aliphatic hydroxyl groups excluding tert-OH is 2. The van der Waals surface area contributed by atoms with Crippen LogP contribution in [0.25, 0.3) is 0 Å². The van der Waals surface area contributed by atoms with Crippen molar-refractivity contribution in [2.24, 2.45) is 22.7 Å². The van der Waals surface area contributed by atoms with Gasteiger partial charge in [0.25, 0.3) is 5.91 Å². The van der Waals surface area contributed by atoms with Crippen molar-refractivity contribution in [3.05, 3.63) is 56.4 Å². The topological polar surface area (TPSA) is 188 Å². The maximum absolute atomic E-state index is 13.5. The van der Waals surface area contributed by atoms with Crippen LogP contribution < -0.4 is 5.73 Å². The molecule has 11 nitrogen and oxygen atoms in total. The number of allylic oxidation sites excluding steroid dienone is 2. The molecule has 3 aliphatic rings. The van der Waals surface area contributed by atoms with Gasteiger partial charge < -0.3 is 26.0 Å². The Morgan fingerprint density at radius 3 is 2.46 bits per heavy atom. The van der Waals surface area contributed by atoms with Crippen molar-refractivity contribution in [3.63, 3.8) is 0 Å². The molecule has 1 aromatic carbocycles. The number of Topliss-reactive ketones (excluding diaryl/α,β-unsaturated/α-hetero) is 3. The zero-order valence-electron chi connectivity index (χ0n) is 19.2. The number of ketones is 3. The smallest absolute Gasteiger partial charge is 0.255 e. The van der Waals surface area contributed by atoms with E-state index in [9.17, 15) is 39.4 Å². The Balaban J connectivity index is 1.87. The number of amides is 1. The Kier molecular flexibility index (Phi) is 5.84. The lowest BCUT2D eigenvalue weighted by Crippen LogP contribution is -2.56. The Hall–Kier alpha value is -3.86. The van der Waals surface area contributed by atoms with Gasteiger partial charge in [0.05, 0.1) is 5.56 Å². The van der Waals surface area contributed by atoms with Gasteiger partial charge in [-0.2, -0.15) is 0 Å². The van der Waals surface area contributed by atoms with Crippen LogP contribution >= 0.6 is 0 Å². The molecule has 4 rings (SSSR count). The summed E-state index contributed by atoms with van der Waals surface area (Å²) in [6.45, 7) is 0.476. The van der Waals surface area contributed by atoms with Gasteiger partial charge in [-0.3, -0.25) is 19.2 Å². The van der Waals surface area contributed by atoms with Crippen LogP contribution in [0.3, 0.4) is 0 Å². The van der Waals surface area contributed by atoms with E-state index in [1.165, 1.54) is 12.1 Å². The van der Waals surface area contributed by atoms with Crippen molar-refractivity contribution >= 4 is 23.3 Å². The van der Waals surface area contributed by atoms with E-state index < -0.39 is 57.7 Å². The number of aliphatic hydroxyl groups is 2. The second kappa shape index (κ2) is 8.42. The van der Waals surface area contributed by atoms with Crippen LogP contribution in [0.15, 0.2) is 40.0 Å². The van der Waals surface area contributed by atoms with Crippen LogP contribution in [-0.4, -0.2) is 69.7 Å². The van der Waals surface area contributed by atoms with E-state index in [0.29, 0.717) is 12.1 Å². The number of nitrogens with two attached hydrogens (primary N) is 1. The number of phenols is 1. The van der Waals surface area contributed by atoms with Gasteiger partial charge in [-0.05, 0) is 55.7 Å². The maximum atomic E-state index is 13.5. The molecule has 0 aromatic heterocycles. The van der Waals surface area contributed by atoms with Gasteiger partial charge in [-0.25, -0.2) is 0 Å². The fraction of sp³-hybridized carbons (Fsp3) is 0.417. The number of carbonyl (C=O) groups excluding carboxylic acids is 4. The molecular weight excluding hydrogens is 458 g/mol. The minimum Gasteiger partial charge on any atom is -0.511 e. The number of rotatable bonds is 6. The van der Waals surface area contributed by atoms with Gasteiger partial charge >= 0.3 is 0 Å². The molecular formula is C24H25N3O8. The highest BCUT2D eigenvalue weighted by molar-refractivity contribution is 6.25. The molecule has 0 spiro atoms. The van der Waals surface area contributed by atoms with Crippen LogP contribution in [0.4, 0.5) is 0 Å². The van der Waals surface area contributed by atoms with Crippen LogP contribution in [0.2, 0.25) is 0 Å². The molecule has 0 unspecified atom stereocenters. The summed E-state index contributed by atoms with van der Waals surface area (Å²) in [5, 5.41) is 34.8. The van der Waals surface area contributed by atoms with Crippen molar-refractivity contribution in [2.45, 2.75) is 31.2 Å². The first-order chi connectivity index (χ1) is 16.4. The minimum atomic E-state index is -2.50. The maximum Gasteiger partial charge on any atom is 0.255 e. The fourth-order valence-corrected chi connectivity index (χ4v) is 5.50. The quantitative estimate of drug-likeness (QED) is 0.264. The molecule has 3 atom stereocenters. The Morgan fingerprint density at radius 1 is 1.17 bits per heavy atom. The lowest BCUT2D eigenvalue weighted by molar-refractivity contribution is -0.127. The number of primary amides is 1. The summed E-state index contributed by atoms with van der Waals surface area (Å²) in [5.74, 6) is -7.29. The number of nitroso groups, excluding NO2 is 1. The summed E-state index contributed by atoms with van der Waals surface area (Å²) in [7, 11) is 3.63. The predicted octanol–water partition coefficient (Wildman–Crippen LogP) is 1.49. The van der Waals surface area contributed by atoms with Crippen molar-refractivity contribution in [3.8, 4) is 5.75 Å². The second-order valence-corrected chi connectivity index (χ2v) is 9.46. The summed E-state index contributed by atoms with van der Waals surface area (Å²) in [5.41, 5.74) is 2.00. The van der Waals surface area contributed by atoms with E-state index in [1.807, 2.05) is 19.0 Å². The molecule has 11 heteroatoms. The summed E-state index contributed by atoms with van der Waals surface area (Å²) in [4.78, 5) is 65.2. The van der Waals surface area contributed by atoms with E-state index in [-0.39, 0.29) is 48.2 Å². The molecule has 5 N–H and O–H groups in total. The molecule has 0 heterocycles. The summed E-state index contributed by atoms with van der Waals surface area (Å²) >= 11 is 0. The Labute approximate surface area is 199 Å². The number of hydrogen-bond donors (Lipinski definition) is 4. The molecule has 35 heavy (non-hydrogen) atoms. The first-order valence-electron chi connectivity index (χ1n) is 11.1. The van der Waals surface area contributed by atoms with Crippen molar-refractivity contribution in [1.29, 1.82) is 0 Å². The average molecular weight is 483 g/mol. The number of nitrogens with zero attached hydrogens (tertiary/aromatic N) is 2. The van der Waals surface area contributed by atoms with Crippen LogP contribution in [-0.2, 0) is 16.0 Å². The molecule has 0 radical (unpaired) electrons. The van der Waals surface area contributed by atoms with Gasteiger partial charge in [0.1, 0.15) is 22.8 Å². The summed E-state index contributed by atoms with van der Waals surface area (Å²) in [6, 6.07) is 2.67. The number of aromatic hydroxyl groups is 1. The van der Waals surface area contributed by atoms with Crippen molar-refractivity contribution in [2.75, 3.05) is 20.6 Å². The second-order valence-electron chi connectivity index (χ2n) is 9.46. The zero-order chi connectivity index (χ0) is 25.8. The van der Waals surface area contributed by atoms with Gasteiger partial charge in [0, 0.05) is 36.4 Å². The van der Waals surface area contributed by atoms with E-state index >= 15 is 0 Å². The first kappa shape index (κ1) is 24.3. The average Bonchev–Trinajstić information content (AvgIpc) is 2.77. The molecule has 3 aliphatic carbocycles. The molecule has 184 valence electrons. The highest BCUT2D eigenvalue weighted by Crippen LogP contribution is 2.53. The lowest BCUT2D eigenvalue weighted by atomic mass is 9.59. The molecule has 0 aliphatic heterocycles. The van der Waals surface area contributed by atoms with E-state index in [1.54, 1.807) is 0 Å². The number of hydrogen-bond acceptors (Lipinski definition) is 10. The summed E-state index contributed by atoms with van der Waals surface area (Å²) < 4.78 is 0. The third kappa shape index (κ3) is 3.45. The predicted molar refractivity (Wildman–Crippen MR) is 122 cm³/mol. The third-order valence-electron chi connectivity index (χ3n) is 7.18. The number of benzene rings is 1. The van der Waals surface area contributed by atoms with E-state index in [4.69, 9.17) is 5.73 Å². The third-order valence-corrected chi connectivity index (χ3v) is 7.18. The largest absolute Gasteiger partial charge is 0.511 e. The molecule has 1 amide bonds. The standard InChI is InChI=1S/C24H25N3O8/c1-27(2)6-5-14(28)12-3-4-15(29)18-13(12)8-10-7-11-9-16(30)19(23(25)34)22(33)24(11,26-35)21(32)17(10)20(18)31/h3-4,10-11,29-30,32H,5-9H2,1-2H3,(H2,25,34)/t10-,11+,24+/m1/s1.